The zero-order valence-electron chi connectivity index (χ0n) is 12.6. The van der Waals surface area contributed by atoms with Crippen LogP contribution in [-0.4, -0.2) is 62.6 Å². The molecule has 0 bridgehead atoms. The number of halogens is 1. The molecule has 0 amide bonds. The number of nitrogens with zero attached hydrogens (tertiary/aromatic N) is 4. The number of hydrogen-bond acceptors (Lipinski definition) is 6. The number of fused-ring (bicyclic) bond motifs is 1. The van der Waals surface area contributed by atoms with Crippen molar-refractivity contribution in [2.24, 2.45) is 21.3 Å². The molecule has 3 heterocycles. The maximum absolute atomic E-state index is 11.3. The molecule has 1 spiro atoms. The van der Waals surface area contributed by atoms with E-state index in [1.807, 2.05) is 0 Å². The third kappa shape index (κ3) is 2.42. The second-order valence-electron chi connectivity index (χ2n) is 6.57. The number of rotatable bonds is 3. The molecule has 1 saturated carbocycles. The van der Waals surface area contributed by atoms with E-state index in [0.717, 1.165) is 36.8 Å². The molecule has 23 heavy (non-hydrogen) atoms. The Labute approximate surface area is 142 Å². The van der Waals surface area contributed by atoms with Gasteiger partial charge in [-0.15, -0.1) is 4.41 Å². The average molecular weight is 359 g/mol. The Morgan fingerprint density at radius 3 is 2.96 bits per heavy atom. The van der Waals surface area contributed by atoms with E-state index in [-0.39, 0.29) is 23.5 Å². The van der Waals surface area contributed by atoms with E-state index < -0.39 is 11.3 Å². The Balaban J connectivity index is 1.38. The van der Waals surface area contributed by atoms with Crippen molar-refractivity contribution in [3.63, 3.8) is 0 Å². The molecule has 4 rings (SSSR count). The summed E-state index contributed by atoms with van der Waals surface area (Å²) in [6.45, 7) is 1.83. The summed E-state index contributed by atoms with van der Waals surface area (Å²) in [7, 11) is 1.67. The largest absolute Gasteiger partial charge is 0.368 e. The average Bonchev–Trinajstić information content (AvgIpc) is 2.81. The van der Waals surface area contributed by atoms with Gasteiger partial charge in [-0.1, -0.05) is 11.6 Å². The predicted molar refractivity (Wildman–Crippen MR) is 89.0 cm³/mol. The van der Waals surface area contributed by atoms with E-state index in [1.54, 1.807) is 19.6 Å². The van der Waals surface area contributed by atoms with Gasteiger partial charge in [0, 0.05) is 35.8 Å². The zero-order valence-corrected chi connectivity index (χ0v) is 14.2. The number of hydrazine groups is 1. The molecular weight excluding hydrogens is 340 g/mol. The fourth-order valence-corrected chi connectivity index (χ4v) is 4.94. The van der Waals surface area contributed by atoms with Crippen LogP contribution < -0.4 is 10.7 Å². The van der Waals surface area contributed by atoms with E-state index in [2.05, 4.69) is 25.6 Å². The van der Waals surface area contributed by atoms with Crippen LogP contribution in [0.1, 0.15) is 12.8 Å². The van der Waals surface area contributed by atoms with Crippen LogP contribution in [0, 0.1) is 11.3 Å². The maximum Gasteiger partial charge on any atom is 0.248 e. The molecule has 0 aromatic rings. The third-order valence-electron chi connectivity index (χ3n) is 5.13. The topological polar surface area (TPSA) is 92.6 Å². The van der Waals surface area contributed by atoms with Gasteiger partial charge in [0.2, 0.25) is 11.3 Å². The standard InChI is InChI=1S/C13H19ClN6O2S/c1-15-20(23(21)22)8-2-13(3-8)5-19(6-13)12-10-9(14)4-16-11(10)17-7-18-12/h4,7-8,10-11,15-16H,2-3,5-6H2,1H3,(H,21,22). The molecule has 4 aliphatic rings. The molecule has 1 aliphatic carbocycles. The van der Waals surface area contributed by atoms with Gasteiger partial charge in [0.15, 0.2) is 0 Å². The Bertz CT molecular complexity index is 624. The van der Waals surface area contributed by atoms with Gasteiger partial charge in [-0.05, 0) is 19.9 Å². The van der Waals surface area contributed by atoms with Gasteiger partial charge in [0.05, 0.1) is 5.92 Å². The van der Waals surface area contributed by atoms with Crippen molar-refractivity contribution in [1.82, 2.24) is 20.1 Å². The van der Waals surface area contributed by atoms with Crippen LogP contribution in [0.15, 0.2) is 21.2 Å². The van der Waals surface area contributed by atoms with E-state index in [9.17, 15) is 8.76 Å². The molecule has 0 aromatic heterocycles. The van der Waals surface area contributed by atoms with Gasteiger partial charge in [-0.2, -0.15) is 0 Å². The van der Waals surface area contributed by atoms with Gasteiger partial charge < -0.3 is 10.2 Å². The lowest BCUT2D eigenvalue weighted by Gasteiger charge is -2.61. The zero-order chi connectivity index (χ0) is 16.2. The fraction of sp³-hybridized carbons (Fsp3) is 0.692. The number of likely N-dealkylation sites (tertiary alicyclic amines) is 1. The van der Waals surface area contributed by atoms with Crippen molar-refractivity contribution in [3.8, 4) is 0 Å². The normalized spacial score (nSPS) is 32.8. The SMILES string of the molecule is CNN(C1CC2(C1)CN(C1=NC=NC3NC=C(Cl)C13)C2)S(=O)O. The van der Waals surface area contributed by atoms with Crippen molar-refractivity contribution in [1.29, 1.82) is 0 Å². The molecule has 3 unspecified atom stereocenters. The monoisotopic (exact) mass is 358 g/mol. The second-order valence-corrected chi connectivity index (χ2v) is 7.86. The minimum atomic E-state index is -1.98. The van der Waals surface area contributed by atoms with E-state index in [0.29, 0.717) is 0 Å². The highest BCUT2D eigenvalue weighted by atomic mass is 35.5. The Hall–Kier alpha value is -1.00. The lowest BCUT2D eigenvalue weighted by Crippen LogP contribution is -2.69. The first-order valence-electron chi connectivity index (χ1n) is 7.56. The minimum Gasteiger partial charge on any atom is -0.368 e. The second kappa shape index (κ2) is 5.52. The molecule has 3 atom stereocenters. The van der Waals surface area contributed by atoms with Crippen molar-refractivity contribution in [2.45, 2.75) is 25.0 Å². The first-order valence-corrected chi connectivity index (χ1v) is 9.01. The van der Waals surface area contributed by atoms with Crippen molar-refractivity contribution in [3.05, 3.63) is 11.2 Å². The Morgan fingerprint density at radius 2 is 2.30 bits per heavy atom. The Morgan fingerprint density at radius 1 is 1.57 bits per heavy atom. The smallest absolute Gasteiger partial charge is 0.248 e. The van der Waals surface area contributed by atoms with E-state index >= 15 is 0 Å². The maximum atomic E-state index is 11.3. The molecule has 10 heteroatoms. The van der Waals surface area contributed by atoms with Crippen LogP contribution in [0.4, 0.5) is 0 Å². The molecule has 1 saturated heterocycles. The summed E-state index contributed by atoms with van der Waals surface area (Å²) in [4.78, 5) is 11.0. The van der Waals surface area contributed by atoms with Crippen molar-refractivity contribution < 1.29 is 8.76 Å². The highest BCUT2D eigenvalue weighted by molar-refractivity contribution is 7.76. The molecule has 8 nitrogen and oxygen atoms in total. The predicted octanol–water partition coefficient (Wildman–Crippen LogP) is 0.0900. The number of amidine groups is 1. The number of nitrogens with one attached hydrogen (secondary N) is 2. The van der Waals surface area contributed by atoms with Gasteiger partial charge in [0.25, 0.3) is 0 Å². The summed E-state index contributed by atoms with van der Waals surface area (Å²) in [5.74, 6) is 0.982. The number of aliphatic imine (C=N–C) groups is 2. The highest BCUT2D eigenvalue weighted by Gasteiger charge is 2.56. The van der Waals surface area contributed by atoms with E-state index in [1.165, 1.54) is 4.41 Å². The molecule has 3 aliphatic heterocycles. The van der Waals surface area contributed by atoms with Gasteiger partial charge in [-0.25, -0.2) is 19.6 Å². The summed E-state index contributed by atoms with van der Waals surface area (Å²) in [6.07, 6.45) is 5.17. The molecule has 2 fully saturated rings. The summed E-state index contributed by atoms with van der Waals surface area (Å²) in [5, 5.41) is 3.90. The van der Waals surface area contributed by atoms with Crippen molar-refractivity contribution in [2.75, 3.05) is 20.1 Å². The molecule has 0 aromatic carbocycles. The van der Waals surface area contributed by atoms with Crippen LogP contribution in [-0.2, 0) is 11.3 Å². The Kier molecular flexibility index (Phi) is 3.73. The molecule has 126 valence electrons. The summed E-state index contributed by atoms with van der Waals surface area (Å²) in [6, 6.07) is 0.104. The van der Waals surface area contributed by atoms with Crippen LogP contribution in [0.3, 0.4) is 0 Å². The van der Waals surface area contributed by atoms with Crippen LogP contribution in [0.25, 0.3) is 0 Å². The first kappa shape index (κ1) is 15.5. The molecule has 0 radical (unpaired) electrons. The molecular formula is C13H19ClN6O2S. The van der Waals surface area contributed by atoms with Crippen LogP contribution in [0.5, 0.6) is 0 Å². The minimum absolute atomic E-state index is 0.00800. The summed E-state index contributed by atoms with van der Waals surface area (Å²) < 4.78 is 21.9. The molecule has 3 N–H and O–H groups in total. The van der Waals surface area contributed by atoms with Gasteiger partial charge >= 0.3 is 0 Å². The van der Waals surface area contributed by atoms with Crippen LogP contribution >= 0.6 is 11.6 Å². The van der Waals surface area contributed by atoms with Gasteiger partial charge in [-0.3, -0.25) is 4.55 Å². The van der Waals surface area contributed by atoms with E-state index in [4.69, 9.17) is 11.6 Å². The highest BCUT2D eigenvalue weighted by Crippen LogP contribution is 2.51. The summed E-state index contributed by atoms with van der Waals surface area (Å²) >= 11 is 4.30. The number of hydrogen-bond donors (Lipinski definition) is 3. The summed E-state index contributed by atoms with van der Waals surface area (Å²) in [5.41, 5.74) is 3.03. The van der Waals surface area contributed by atoms with Crippen molar-refractivity contribution >= 4 is 35.0 Å². The van der Waals surface area contributed by atoms with Crippen LogP contribution in [0.2, 0.25) is 0 Å². The lowest BCUT2D eigenvalue weighted by atomic mass is 9.60. The van der Waals surface area contributed by atoms with Gasteiger partial charge in [0.1, 0.15) is 18.3 Å². The quantitative estimate of drug-likeness (QED) is 0.491. The third-order valence-corrected chi connectivity index (χ3v) is 6.30. The lowest BCUT2D eigenvalue weighted by molar-refractivity contribution is -0.0706. The fourth-order valence-electron chi connectivity index (χ4n) is 4.10. The first-order chi connectivity index (χ1) is 11.0.